The predicted molar refractivity (Wildman–Crippen MR) is 79.6 cm³/mol. The van der Waals surface area contributed by atoms with Crippen molar-refractivity contribution in [2.45, 2.75) is 39.9 Å². The van der Waals surface area contributed by atoms with Crippen LogP contribution >= 0.6 is 0 Å². The Morgan fingerprint density at radius 2 is 1.09 bits per heavy atom. The largest absolute Gasteiger partial charge is 2.00 e. The van der Waals surface area contributed by atoms with Gasteiger partial charge in [-0.05, 0) is 27.7 Å². The van der Waals surface area contributed by atoms with Crippen molar-refractivity contribution in [2.75, 3.05) is 39.6 Å². The molecule has 0 heterocycles. The van der Waals surface area contributed by atoms with Gasteiger partial charge in [0.1, 0.15) is 0 Å². The molecule has 8 nitrogen and oxygen atoms in total. The van der Waals surface area contributed by atoms with Gasteiger partial charge < -0.3 is 38.7 Å². The second kappa shape index (κ2) is 20.1. The molecule has 0 saturated heterocycles. The standard InChI is InChI=1S/2C7H14O4.Ca/c2*1-3-10-4-5-11-6(2)7(8)9;/h2*6H,3-5H2,1-2H3,(H,8,9);/q;;+2/p-2. The van der Waals surface area contributed by atoms with E-state index in [1.807, 2.05) is 13.8 Å². The number of hydrogen-bond donors (Lipinski definition) is 0. The van der Waals surface area contributed by atoms with Crippen molar-refractivity contribution >= 4 is 49.7 Å². The summed E-state index contributed by atoms with van der Waals surface area (Å²) in [5.74, 6) is -2.39. The van der Waals surface area contributed by atoms with Crippen LogP contribution in [0.25, 0.3) is 0 Å². The Morgan fingerprint density at radius 3 is 1.30 bits per heavy atom. The zero-order valence-electron chi connectivity index (χ0n) is 14.4. The number of carbonyl (C=O) groups excluding carboxylic acids is 2. The van der Waals surface area contributed by atoms with Crippen molar-refractivity contribution in [2.24, 2.45) is 0 Å². The van der Waals surface area contributed by atoms with Gasteiger partial charge in [-0.25, -0.2) is 0 Å². The molecule has 23 heavy (non-hydrogen) atoms. The summed E-state index contributed by atoms with van der Waals surface area (Å²) < 4.78 is 19.5. The molecule has 0 aromatic rings. The first-order valence-corrected chi connectivity index (χ1v) is 7.17. The summed E-state index contributed by atoms with van der Waals surface area (Å²) >= 11 is 0. The summed E-state index contributed by atoms with van der Waals surface area (Å²) in [5.41, 5.74) is 0. The van der Waals surface area contributed by atoms with Crippen LogP contribution in [0.5, 0.6) is 0 Å². The Labute approximate surface area is 167 Å². The van der Waals surface area contributed by atoms with Gasteiger partial charge in [-0.1, -0.05) is 0 Å². The number of ether oxygens (including phenoxy) is 4. The Hall–Kier alpha value is 0.0397. The summed E-state index contributed by atoms with van der Waals surface area (Å²) in [6, 6.07) is 0. The number of aliphatic carboxylic acids is 2. The van der Waals surface area contributed by atoms with E-state index in [2.05, 4.69) is 0 Å². The molecule has 9 heteroatoms. The first-order chi connectivity index (χ1) is 10.4. The summed E-state index contributed by atoms with van der Waals surface area (Å²) in [7, 11) is 0. The van der Waals surface area contributed by atoms with Gasteiger partial charge in [-0.2, -0.15) is 0 Å². The van der Waals surface area contributed by atoms with E-state index in [0.717, 1.165) is 0 Å². The molecule has 0 aliphatic heterocycles. The van der Waals surface area contributed by atoms with Gasteiger partial charge in [-0.15, -0.1) is 0 Å². The maximum absolute atomic E-state index is 10.1. The van der Waals surface area contributed by atoms with Crippen LogP contribution in [0.4, 0.5) is 0 Å². The number of carbonyl (C=O) groups is 2. The SMILES string of the molecule is CCOCCOC(C)C(=O)[O-].CCOCCOC(C)C(=O)[O-].[Ca+2]. The number of carboxylic acid groups (broad SMARTS) is 2. The van der Waals surface area contributed by atoms with E-state index in [1.54, 1.807) is 0 Å². The summed E-state index contributed by atoms with van der Waals surface area (Å²) in [5, 5.41) is 20.2. The topological polar surface area (TPSA) is 117 Å². The van der Waals surface area contributed by atoms with Crippen LogP contribution in [-0.2, 0) is 28.5 Å². The van der Waals surface area contributed by atoms with E-state index >= 15 is 0 Å². The number of hydrogen-bond acceptors (Lipinski definition) is 8. The molecule has 132 valence electrons. The van der Waals surface area contributed by atoms with E-state index in [9.17, 15) is 19.8 Å². The van der Waals surface area contributed by atoms with Crippen molar-refractivity contribution in [3.05, 3.63) is 0 Å². The van der Waals surface area contributed by atoms with Crippen LogP contribution in [0.2, 0.25) is 0 Å². The molecule has 0 saturated carbocycles. The molecule has 0 aliphatic rings. The summed E-state index contributed by atoms with van der Waals surface area (Å²) in [4.78, 5) is 20.2. The zero-order valence-corrected chi connectivity index (χ0v) is 16.6. The first kappa shape index (κ1) is 27.9. The van der Waals surface area contributed by atoms with Crippen LogP contribution in [-0.4, -0.2) is 102 Å². The fourth-order valence-corrected chi connectivity index (χ4v) is 0.992. The fourth-order valence-electron chi connectivity index (χ4n) is 0.992. The number of rotatable bonds is 12. The smallest absolute Gasteiger partial charge is 0.547 e. The van der Waals surface area contributed by atoms with Crippen LogP contribution in [0.3, 0.4) is 0 Å². The third-order valence-corrected chi connectivity index (χ3v) is 2.26. The Morgan fingerprint density at radius 1 is 0.783 bits per heavy atom. The fraction of sp³-hybridized carbons (Fsp3) is 0.857. The Bertz CT molecular complexity index is 260. The van der Waals surface area contributed by atoms with Crippen molar-refractivity contribution < 1.29 is 38.7 Å². The third kappa shape index (κ3) is 22.0. The van der Waals surface area contributed by atoms with Crippen LogP contribution < -0.4 is 10.2 Å². The van der Waals surface area contributed by atoms with Crippen LogP contribution in [0.15, 0.2) is 0 Å². The molecule has 2 atom stereocenters. The van der Waals surface area contributed by atoms with Crippen molar-refractivity contribution in [3.63, 3.8) is 0 Å². The third-order valence-electron chi connectivity index (χ3n) is 2.26. The molecule has 0 amide bonds. The van der Waals surface area contributed by atoms with Gasteiger partial charge in [-0.3, -0.25) is 0 Å². The molecule has 0 aromatic heterocycles. The zero-order chi connectivity index (χ0) is 17.4. The second-order valence-electron chi connectivity index (χ2n) is 4.06. The van der Waals surface area contributed by atoms with E-state index in [1.165, 1.54) is 13.8 Å². The molecular formula is C14H26CaO8. The normalized spacial score (nSPS) is 12.3. The minimum atomic E-state index is -1.19. The number of carboxylic acids is 2. The molecular weight excluding hydrogens is 336 g/mol. The van der Waals surface area contributed by atoms with Crippen molar-refractivity contribution in [3.8, 4) is 0 Å². The first-order valence-electron chi connectivity index (χ1n) is 7.17. The maximum Gasteiger partial charge on any atom is 2.00 e. The summed E-state index contributed by atoms with van der Waals surface area (Å²) in [6.45, 7) is 9.26. The average molecular weight is 362 g/mol. The van der Waals surface area contributed by atoms with Crippen LogP contribution in [0, 0.1) is 0 Å². The maximum atomic E-state index is 10.1. The van der Waals surface area contributed by atoms with E-state index in [-0.39, 0.29) is 37.7 Å². The van der Waals surface area contributed by atoms with E-state index in [0.29, 0.717) is 39.6 Å². The molecule has 0 aromatic carbocycles. The second-order valence-corrected chi connectivity index (χ2v) is 4.06. The predicted octanol–water partition coefficient (Wildman–Crippen LogP) is -2.02. The molecule has 2 unspecified atom stereocenters. The van der Waals surface area contributed by atoms with Gasteiger partial charge in [0.25, 0.3) is 0 Å². The molecule has 0 bridgehead atoms. The quantitative estimate of drug-likeness (QED) is 0.288. The minimum absolute atomic E-state index is 0. The van der Waals surface area contributed by atoms with E-state index in [4.69, 9.17) is 18.9 Å². The summed E-state index contributed by atoms with van der Waals surface area (Å²) in [6.07, 6.45) is -1.70. The van der Waals surface area contributed by atoms with Gasteiger partial charge in [0.05, 0.1) is 50.6 Å². The molecule has 0 N–H and O–H groups in total. The molecule has 0 aliphatic carbocycles. The molecule has 0 spiro atoms. The van der Waals surface area contributed by atoms with Gasteiger partial charge >= 0.3 is 37.7 Å². The Balaban J connectivity index is -0.000000333. The molecule has 0 radical (unpaired) electrons. The monoisotopic (exact) mass is 362 g/mol. The molecule has 0 rings (SSSR count). The molecule has 0 fully saturated rings. The van der Waals surface area contributed by atoms with Crippen molar-refractivity contribution in [1.82, 2.24) is 0 Å². The van der Waals surface area contributed by atoms with Crippen molar-refractivity contribution in [1.29, 1.82) is 0 Å². The minimum Gasteiger partial charge on any atom is -0.547 e. The van der Waals surface area contributed by atoms with Gasteiger partial charge in [0.15, 0.2) is 0 Å². The van der Waals surface area contributed by atoms with Gasteiger partial charge in [0, 0.05) is 13.2 Å². The Kier molecular flexibility index (Phi) is 24.3. The average Bonchev–Trinajstić information content (AvgIpc) is 2.48. The van der Waals surface area contributed by atoms with E-state index < -0.39 is 24.1 Å². The van der Waals surface area contributed by atoms with Gasteiger partial charge in [0.2, 0.25) is 0 Å². The van der Waals surface area contributed by atoms with Crippen LogP contribution in [0.1, 0.15) is 27.7 Å².